The number of nitrogens with two attached hydrogens (primary N) is 2. The normalized spacial score (nSPS) is 16.9. The molecule has 0 spiro atoms. The molecule has 1 fully saturated rings. The number of likely N-dealkylation sites (tertiary alicyclic amines) is 1. The van der Waals surface area contributed by atoms with Crippen LogP contribution in [0, 0.1) is 5.92 Å². The Morgan fingerprint density at radius 2 is 1.87 bits per heavy atom. The first-order valence-electron chi connectivity index (χ1n) is 8.03. The van der Waals surface area contributed by atoms with Crippen molar-refractivity contribution in [2.24, 2.45) is 17.4 Å². The van der Waals surface area contributed by atoms with E-state index in [-0.39, 0.29) is 11.9 Å². The van der Waals surface area contributed by atoms with Gasteiger partial charge < -0.3 is 21.1 Å². The van der Waals surface area contributed by atoms with Crippen LogP contribution in [0.5, 0.6) is 5.75 Å². The van der Waals surface area contributed by atoms with E-state index in [1.54, 1.807) is 24.3 Å². The number of amides is 2. The summed E-state index contributed by atoms with van der Waals surface area (Å²) in [6.07, 6.45) is 2.29. The summed E-state index contributed by atoms with van der Waals surface area (Å²) in [6.45, 7) is 3.90. The SMILES string of the molecule is CC(N)C1CCN(C(=O)CCOc2ccc(C(N)=O)cc2)CC1. The van der Waals surface area contributed by atoms with E-state index in [1.165, 1.54) is 0 Å². The van der Waals surface area contributed by atoms with E-state index in [1.807, 2.05) is 11.8 Å². The Hall–Kier alpha value is -2.08. The highest BCUT2D eigenvalue weighted by Crippen LogP contribution is 2.20. The molecular formula is C17H25N3O3. The summed E-state index contributed by atoms with van der Waals surface area (Å²) in [5.74, 6) is 0.779. The number of nitrogens with zero attached hydrogens (tertiary/aromatic N) is 1. The molecule has 4 N–H and O–H groups in total. The highest BCUT2D eigenvalue weighted by atomic mass is 16.5. The minimum absolute atomic E-state index is 0.113. The second-order valence-electron chi connectivity index (χ2n) is 6.06. The molecule has 0 radical (unpaired) electrons. The van der Waals surface area contributed by atoms with E-state index in [0.29, 0.717) is 30.3 Å². The largest absolute Gasteiger partial charge is 0.493 e. The molecule has 1 atom stereocenters. The molecule has 1 aromatic rings. The van der Waals surface area contributed by atoms with Gasteiger partial charge in [-0.15, -0.1) is 0 Å². The summed E-state index contributed by atoms with van der Waals surface area (Å²) in [4.78, 5) is 25.0. The molecule has 1 aliphatic heterocycles. The van der Waals surface area contributed by atoms with Gasteiger partial charge in [0, 0.05) is 24.7 Å². The molecule has 2 rings (SSSR count). The van der Waals surface area contributed by atoms with Crippen LogP contribution in [0.15, 0.2) is 24.3 Å². The molecule has 23 heavy (non-hydrogen) atoms. The molecule has 0 aliphatic carbocycles. The molecule has 0 saturated carbocycles. The summed E-state index contributed by atoms with van der Waals surface area (Å²) < 4.78 is 5.54. The third-order valence-electron chi connectivity index (χ3n) is 4.36. The monoisotopic (exact) mass is 319 g/mol. The van der Waals surface area contributed by atoms with E-state index in [2.05, 4.69) is 0 Å². The molecule has 1 aliphatic rings. The molecule has 2 amide bonds. The van der Waals surface area contributed by atoms with Crippen LogP contribution in [0.4, 0.5) is 0 Å². The quantitative estimate of drug-likeness (QED) is 0.821. The predicted molar refractivity (Wildman–Crippen MR) is 88.0 cm³/mol. The van der Waals surface area contributed by atoms with E-state index in [0.717, 1.165) is 25.9 Å². The van der Waals surface area contributed by atoms with Gasteiger partial charge in [-0.1, -0.05) is 0 Å². The van der Waals surface area contributed by atoms with Gasteiger partial charge in [-0.3, -0.25) is 9.59 Å². The van der Waals surface area contributed by atoms with Crippen molar-refractivity contribution in [3.63, 3.8) is 0 Å². The maximum atomic E-state index is 12.2. The lowest BCUT2D eigenvalue weighted by molar-refractivity contribution is -0.133. The standard InChI is InChI=1S/C17H25N3O3/c1-12(18)13-6-9-20(10-7-13)16(21)8-11-23-15-4-2-14(3-5-15)17(19)22/h2-5,12-13H,6-11,18H2,1H3,(H2,19,22). The molecule has 1 saturated heterocycles. The van der Waals surface area contributed by atoms with E-state index in [4.69, 9.17) is 16.2 Å². The Kier molecular flexibility index (Phi) is 5.98. The third kappa shape index (κ3) is 4.96. The first-order valence-corrected chi connectivity index (χ1v) is 8.03. The van der Waals surface area contributed by atoms with Gasteiger partial charge in [0.1, 0.15) is 5.75 Å². The lowest BCUT2D eigenvalue weighted by Gasteiger charge is -2.33. The Balaban J connectivity index is 1.72. The van der Waals surface area contributed by atoms with Crippen LogP contribution in [0.3, 0.4) is 0 Å². The topological polar surface area (TPSA) is 98.7 Å². The molecule has 1 aromatic carbocycles. The Morgan fingerprint density at radius 1 is 1.26 bits per heavy atom. The fourth-order valence-electron chi connectivity index (χ4n) is 2.80. The molecule has 1 unspecified atom stereocenters. The minimum atomic E-state index is -0.470. The lowest BCUT2D eigenvalue weighted by Crippen LogP contribution is -2.42. The minimum Gasteiger partial charge on any atom is -0.493 e. The number of piperidine rings is 1. The Labute approximate surface area is 136 Å². The van der Waals surface area contributed by atoms with Crippen molar-refractivity contribution in [2.75, 3.05) is 19.7 Å². The molecule has 6 nitrogen and oxygen atoms in total. The van der Waals surface area contributed by atoms with Crippen LogP contribution in [-0.4, -0.2) is 42.5 Å². The first-order chi connectivity index (χ1) is 11.0. The van der Waals surface area contributed by atoms with Crippen molar-refractivity contribution in [3.05, 3.63) is 29.8 Å². The van der Waals surface area contributed by atoms with Crippen molar-refractivity contribution in [1.82, 2.24) is 4.90 Å². The molecule has 0 bridgehead atoms. The van der Waals surface area contributed by atoms with Crippen LogP contribution in [0.2, 0.25) is 0 Å². The second-order valence-corrected chi connectivity index (χ2v) is 6.06. The summed E-state index contributed by atoms with van der Waals surface area (Å²) in [6, 6.07) is 6.77. The van der Waals surface area contributed by atoms with Crippen LogP contribution < -0.4 is 16.2 Å². The highest BCUT2D eigenvalue weighted by molar-refractivity contribution is 5.92. The Bertz CT molecular complexity index is 535. The van der Waals surface area contributed by atoms with Gasteiger partial charge in [0.15, 0.2) is 0 Å². The van der Waals surface area contributed by atoms with Crippen molar-refractivity contribution in [3.8, 4) is 5.75 Å². The van der Waals surface area contributed by atoms with Gasteiger partial charge in [0.25, 0.3) is 0 Å². The fourth-order valence-corrected chi connectivity index (χ4v) is 2.80. The summed E-state index contributed by atoms with van der Waals surface area (Å²) in [7, 11) is 0. The fraction of sp³-hybridized carbons (Fsp3) is 0.529. The second kappa shape index (κ2) is 7.97. The number of rotatable bonds is 6. The Morgan fingerprint density at radius 3 is 2.39 bits per heavy atom. The number of hydrogen-bond acceptors (Lipinski definition) is 4. The van der Waals surface area contributed by atoms with Gasteiger partial charge >= 0.3 is 0 Å². The van der Waals surface area contributed by atoms with Crippen LogP contribution >= 0.6 is 0 Å². The van der Waals surface area contributed by atoms with Gasteiger partial charge in [-0.2, -0.15) is 0 Å². The summed E-state index contributed by atoms with van der Waals surface area (Å²) in [5, 5.41) is 0. The van der Waals surface area contributed by atoms with E-state index in [9.17, 15) is 9.59 Å². The number of carbonyl (C=O) groups excluding carboxylic acids is 2. The van der Waals surface area contributed by atoms with E-state index < -0.39 is 5.91 Å². The van der Waals surface area contributed by atoms with Gasteiger partial charge in [-0.25, -0.2) is 0 Å². The van der Waals surface area contributed by atoms with Crippen LogP contribution in [0.1, 0.15) is 36.5 Å². The molecule has 6 heteroatoms. The lowest BCUT2D eigenvalue weighted by atomic mass is 9.91. The van der Waals surface area contributed by atoms with Crippen LogP contribution in [0.25, 0.3) is 0 Å². The molecule has 0 aromatic heterocycles. The number of ether oxygens (including phenoxy) is 1. The molecule has 1 heterocycles. The number of primary amides is 1. The zero-order chi connectivity index (χ0) is 16.8. The molecule has 126 valence electrons. The average molecular weight is 319 g/mol. The van der Waals surface area contributed by atoms with Crippen molar-refractivity contribution < 1.29 is 14.3 Å². The third-order valence-corrected chi connectivity index (χ3v) is 4.36. The maximum absolute atomic E-state index is 12.2. The summed E-state index contributed by atoms with van der Waals surface area (Å²) in [5.41, 5.74) is 11.5. The highest BCUT2D eigenvalue weighted by Gasteiger charge is 2.24. The number of hydrogen-bond donors (Lipinski definition) is 2. The zero-order valence-corrected chi connectivity index (χ0v) is 13.5. The predicted octanol–water partition coefficient (Wildman–Crippen LogP) is 1.14. The summed E-state index contributed by atoms with van der Waals surface area (Å²) >= 11 is 0. The average Bonchev–Trinajstić information content (AvgIpc) is 2.55. The van der Waals surface area contributed by atoms with Crippen molar-refractivity contribution in [2.45, 2.75) is 32.2 Å². The number of carbonyl (C=O) groups is 2. The van der Waals surface area contributed by atoms with E-state index >= 15 is 0 Å². The number of benzene rings is 1. The van der Waals surface area contributed by atoms with Crippen molar-refractivity contribution in [1.29, 1.82) is 0 Å². The van der Waals surface area contributed by atoms with Gasteiger partial charge in [-0.05, 0) is 49.9 Å². The first kappa shape index (κ1) is 17.3. The zero-order valence-electron chi connectivity index (χ0n) is 13.5. The smallest absolute Gasteiger partial charge is 0.248 e. The van der Waals surface area contributed by atoms with Crippen LogP contribution in [-0.2, 0) is 4.79 Å². The van der Waals surface area contributed by atoms with Gasteiger partial charge in [0.2, 0.25) is 11.8 Å². The maximum Gasteiger partial charge on any atom is 0.248 e. The van der Waals surface area contributed by atoms with Crippen molar-refractivity contribution >= 4 is 11.8 Å². The molecular weight excluding hydrogens is 294 g/mol. The van der Waals surface area contributed by atoms with Gasteiger partial charge in [0.05, 0.1) is 13.0 Å².